The number of benzene rings is 2. The highest BCUT2D eigenvalue weighted by Crippen LogP contribution is 2.09. The Balaban J connectivity index is 0.000000251. The van der Waals surface area contributed by atoms with Crippen LogP contribution in [0, 0.1) is 11.8 Å². The van der Waals surface area contributed by atoms with Crippen LogP contribution in [-0.2, 0) is 17.6 Å². The molecule has 3 heteroatoms. The largest absolute Gasteiger partial charge is 0.481 e. The Kier molecular flexibility index (Phi) is 10.3. The van der Waals surface area contributed by atoms with Crippen molar-refractivity contribution in [1.29, 1.82) is 0 Å². The molecule has 2 rings (SSSR count). The van der Waals surface area contributed by atoms with Gasteiger partial charge in [0.1, 0.15) is 0 Å². The van der Waals surface area contributed by atoms with Gasteiger partial charge in [-0.1, -0.05) is 74.5 Å². The van der Waals surface area contributed by atoms with Crippen molar-refractivity contribution in [3.63, 3.8) is 0 Å². The summed E-state index contributed by atoms with van der Waals surface area (Å²) in [6.07, 6.45) is 3.69. The number of aliphatic carboxylic acids is 1. The molecule has 0 aliphatic rings. The van der Waals surface area contributed by atoms with E-state index in [2.05, 4.69) is 31.2 Å². The lowest BCUT2D eigenvalue weighted by atomic mass is 10.0. The summed E-state index contributed by atoms with van der Waals surface area (Å²) in [4.78, 5) is 10.5. The molecule has 0 spiro atoms. The zero-order valence-corrected chi connectivity index (χ0v) is 15.3. The van der Waals surface area contributed by atoms with Crippen LogP contribution in [-0.4, -0.2) is 22.8 Å². The van der Waals surface area contributed by atoms with Gasteiger partial charge >= 0.3 is 5.97 Å². The molecule has 0 aliphatic carbocycles. The highest BCUT2D eigenvalue weighted by atomic mass is 16.4. The second-order valence-corrected chi connectivity index (χ2v) is 6.58. The van der Waals surface area contributed by atoms with Crippen molar-refractivity contribution in [2.24, 2.45) is 11.8 Å². The van der Waals surface area contributed by atoms with Crippen molar-refractivity contribution in [1.82, 2.24) is 0 Å². The molecule has 0 saturated carbocycles. The first kappa shape index (κ1) is 20.9. The highest BCUT2D eigenvalue weighted by molar-refractivity contribution is 5.69. The van der Waals surface area contributed by atoms with Gasteiger partial charge in [0.25, 0.3) is 0 Å². The third-order valence-electron chi connectivity index (χ3n) is 4.21. The molecule has 2 N–H and O–H groups in total. The van der Waals surface area contributed by atoms with Gasteiger partial charge in [0, 0.05) is 6.61 Å². The molecule has 0 heterocycles. The lowest BCUT2D eigenvalue weighted by Crippen LogP contribution is -2.10. The highest BCUT2D eigenvalue weighted by Gasteiger charge is 2.09. The van der Waals surface area contributed by atoms with Gasteiger partial charge in [-0.25, -0.2) is 0 Å². The molecule has 25 heavy (non-hydrogen) atoms. The zero-order valence-electron chi connectivity index (χ0n) is 15.3. The average Bonchev–Trinajstić information content (AvgIpc) is 2.66. The Morgan fingerprint density at radius 2 is 1.28 bits per heavy atom. The quantitative estimate of drug-likeness (QED) is 0.738. The van der Waals surface area contributed by atoms with Crippen LogP contribution in [0.25, 0.3) is 0 Å². The summed E-state index contributed by atoms with van der Waals surface area (Å²) in [5.41, 5.74) is 2.56. The van der Waals surface area contributed by atoms with E-state index in [9.17, 15) is 4.79 Å². The summed E-state index contributed by atoms with van der Waals surface area (Å²) in [5.74, 6) is -0.540. The van der Waals surface area contributed by atoms with Crippen LogP contribution >= 0.6 is 0 Å². The number of hydrogen-bond acceptors (Lipinski definition) is 2. The van der Waals surface area contributed by atoms with Gasteiger partial charge in [-0.2, -0.15) is 0 Å². The number of carboxylic acids is 1. The van der Waals surface area contributed by atoms with Crippen LogP contribution < -0.4 is 0 Å². The van der Waals surface area contributed by atoms with Gasteiger partial charge in [-0.3, -0.25) is 4.79 Å². The van der Waals surface area contributed by atoms with Crippen LogP contribution in [0.2, 0.25) is 0 Å². The van der Waals surface area contributed by atoms with Gasteiger partial charge in [0.2, 0.25) is 0 Å². The molecular formula is C22H30O3. The van der Waals surface area contributed by atoms with E-state index in [0.717, 1.165) is 19.3 Å². The Bertz CT molecular complexity index is 581. The molecule has 0 aliphatic heterocycles. The van der Waals surface area contributed by atoms with Gasteiger partial charge in [-0.15, -0.1) is 0 Å². The fourth-order valence-corrected chi connectivity index (χ4v) is 2.30. The van der Waals surface area contributed by atoms with Gasteiger partial charge in [0.15, 0.2) is 0 Å². The molecule has 0 bridgehead atoms. The summed E-state index contributed by atoms with van der Waals surface area (Å²) >= 11 is 0. The maximum absolute atomic E-state index is 10.5. The van der Waals surface area contributed by atoms with Crippen LogP contribution in [0.3, 0.4) is 0 Å². The minimum absolute atomic E-state index is 0.250. The Hall–Kier alpha value is -2.13. The number of aliphatic hydroxyl groups excluding tert-OH is 1. The minimum atomic E-state index is -0.712. The molecule has 0 saturated heterocycles. The van der Waals surface area contributed by atoms with Crippen LogP contribution in [0.15, 0.2) is 60.7 Å². The van der Waals surface area contributed by atoms with Crippen molar-refractivity contribution in [3.05, 3.63) is 71.8 Å². The van der Waals surface area contributed by atoms with Crippen LogP contribution in [0.4, 0.5) is 0 Å². The number of aliphatic hydroxyl groups is 1. The summed E-state index contributed by atoms with van der Waals surface area (Å²) in [6, 6.07) is 20.3. The molecule has 136 valence electrons. The fraction of sp³-hybridized carbons (Fsp3) is 0.409. The molecule has 0 radical (unpaired) electrons. The second-order valence-electron chi connectivity index (χ2n) is 6.58. The van der Waals surface area contributed by atoms with Crippen LogP contribution in [0.5, 0.6) is 0 Å². The smallest absolute Gasteiger partial charge is 0.306 e. The Morgan fingerprint density at radius 3 is 1.68 bits per heavy atom. The number of hydrogen-bond donors (Lipinski definition) is 2. The van der Waals surface area contributed by atoms with Crippen molar-refractivity contribution in [2.45, 2.75) is 39.5 Å². The topological polar surface area (TPSA) is 57.5 Å². The van der Waals surface area contributed by atoms with Crippen molar-refractivity contribution in [2.75, 3.05) is 6.61 Å². The third kappa shape index (κ3) is 9.68. The molecule has 2 unspecified atom stereocenters. The summed E-state index contributed by atoms with van der Waals surface area (Å²) in [5, 5.41) is 17.5. The molecule has 2 aromatic rings. The number of rotatable bonds is 8. The standard InChI is InChI=1S/C11H14O2.C11H16O/c1-9(11(12)13)7-8-10-5-3-2-4-6-10;1-10(9-12)7-8-11-5-3-2-4-6-11/h2-6,9H,7-8H2,1H3,(H,12,13);2-6,10,12H,7-9H2,1H3. The van der Waals surface area contributed by atoms with Crippen LogP contribution in [0.1, 0.15) is 37.8 Å². The van der Waals surface area contributed by atoms with E-state index in [1.54, 1.807) is 6.92 Å². The first-order valence-corrected chi connectivity index (χ1v) is 8.94. The molecule has 3 nitrogen and oxygen atoms in total. The number of carbonyl (C=O) groups is 1. The second kappa shape index (κ2) is 12.3. The van der Waals surface area contributed by atoms with Crippen molar-refractivity contribution < 1.29 is 15.0 Å². The molecular weight excluding hydrogens is 312 g/mol. The maximum atomic E-state index is 10.5. The van der Waals surface area contributed by atoms with E-state index in [1.807, 2.05) is 36.4 Å². The number of carboxylic acid groups (broad SMARTS) is 1. The van der Waals surface area contributed by atoms with Crippen molar-refractivity contribution >= 4 is 5.97 Å². The summed E-state index contributed by atoms with van der Waals surface area (Å²) < 4.78 is 0. The molecule has 2 aromatic carbocycles. The first-order valence-electron chi connectivity index (χ1n) is 8.94. The molecule has 0 fully saturated rings. The lowest BCUT2D eigenvalue weighted by Gasteiger charge is -2.06. The molecule has 2 atom stereocenters. The van der Waals surface area contributed by atoms with E-state index in [-0.39, 0.29) is 5.92 Å². The molecule has 0 aromatic heterocycles. The summed E-state index contributed by atoms with van der Waals surface area (Å²) in [6.45, 7) is 4.11. The van der Waals surface area contributed by atoms with Gasteiger partial charge < -0.3 is 10.2 Å². The first-order chi connectivity index (χ1) is 12.0. The van der Waals surface area contributed by atoms with E-state index in [0.29, 0.717) is 18.9 Å². The SMILES string of the molecule is CC(CCc1ccccc1)C(=O)O.CC(CO)CCc1ccccc1. The van der Waals surface area contributed by atoms with E-state index in [4.69, 9.17) is 10.2 Å². The minimum Gasteiger partial charge on any atom is -0.481 e. The predicted octanol–water partition coefficient (Wildman–Crippen LogP) is 4.59. The monoisotopic (exact) mass is 342 g/mol. The fourth-order valence-electron chi connectivity index (χ4n) is 2.30. The predicted molar refractivity (Wildman–Crippen MR) is 103 cm³/mol. The zero-order chi connectivity index (χ0) is 18.5. The number of aryl methyl sites for hydroxylation is 2. The Morgan fingerprint density at radius 1 is 0.840 bits per heavy atom. The third-order valence-corrected chi connectivity index (χ3v) is 4.21. The lowest BCUT2D eigenvalue weighted by molar-refractivity contribution is -0.141. The average molecular weight is 342 g/mol. The van der Waals surface area contributed by atoms with Gasteiger partial charge in [0.05, 0.1) is 5.92 Å². The Labute approximate surface area is 151 Å². The maximum Gasteiger partial charge on any atom is 0.306 e. The summed E-state index contributed by atoms with van der Waals surface area (Å²) in [7, 11) is 0. The molecule has 0 amide bonds. The van der Waals surface area contributed by atoms with E-state index in [1.165, 1.54) is 11.1 Å². The van der Waals surface area contributed by atoms with Crippen molar-refractivity contribution in [3.8, 4) is 0 Å². The van der Waals surface area contributed by atoms with E-state index >= 15 is 0 Å². The van der Waals surface area contributed by atoms with E-state index < -0.39 is 5.97 Å². The normalized spacial score (nSPS) is 12.6. The van der Waals surface area contributed by atoms with Gasteiger partial charge in [-0.05, 0) is 42.7 Å².